The van der Waals surface area contributed by atoms with Crippen LogP contribution >= 0.6 is 0 Å². The molecule has 13 heavy (non-hydrogen) atoms. The molecule has 3 N–H and O–H groups in total. The molecule has 2 aromatic rings. The van der Waals surface area contributed by atoms with Crippen molar-refractivity contribution in [2.45, 2.75) is 6.54 Å². The van der Waals surface area contributed by atoms with E-state index >= 15 is 0 Å². The van der Waals surface area contributed by atoms with Gasteiger partial charge in [0.25, 0.3) is 0 Å². The molecule has 4 heteroatoms. The molecule has 0 aliphatic carbocycles. The number of nitrogens with zero attached hydrogens (tertiary/aromatic N) is 2. The third-order valence-corrected chi connectivity index (χ3v) is 1.90. The minimum Gasteiger partial charge on any atom is -0.508 e. The second-order valence-corrected chi connectivity index (χ2v) is 2.92. The fraction of sp³-hybridized carbons (Fsp3) is 0.222. The Bertz CT molecular complexity index is 422. The van der Waals surface area contributed by atoms with Crippen LogP contribution in [0.1, 0.15) is 0 Å². The van der Waals surface area contributed by atoms with E-state index in [9.17, 15) is 5.11 Å². The highest BCUT2D eigenvalue weighted by Gasteiger charge is 1.99. The van der Waals surface area contributed by atoms with Crippen LogP contribution in [0.15, 0.2) is 24.4 Å². The summed E-state index contributed by atoms with van der Waals surface area (Å²) in [5, 5.41) is 14.5. The molecule has 0 bridgehead atoms. The zero-order chi connectivity index (χ0) is 9.26. The molecule has 0 atom stereocenters. The standard InChI is InChI=1S/C9H11N3O/c10-3-4-12-6-7-1-2-8(13)5-9(7)11-12/h1-2,5-6,13H,3-4,10H2. The molecular weight excluding hydrogens is 166 g/mol. The molecule has 1 heterocycles. The summed E-state index contributed by atoms with van der Waals surface area (Å²) in [5.74, 6) is 0.241. The molecule has 0 fully saturated rings. The van der Waals surface area contributed by atoms with Gasteiger partial charge in [0.1, 0.15) is 5.75 Å². The maximum atomic E-state index is 9.20. The van der Waals surface area contributed by atoms with Crippen molar-refractivity contribution in [2.75, 3.05) is 6.54 Å². The number of hydrogen-bond donors (Lipinski definition) is 2. The molecule has 0 aliphatic heterocycles. The van der Waals surface area contributed by atoms with Crippen LogP contribution in [0.2, 0.25) is 0 Å². The smallest absolute Gasteiger partial charge is 0.117 e. The molecule has 1 aromatic carbocycles. The van der Waals surface area contributed by atoms with E-state index in [0.29, 0.717) is 13.1 Å². The maximum absolute atomic E-state index is 9.20. The number of aromatic hydroxyl groups is 1. The quantitative estimate of drug-likeness (QED) is 0.709. The number of nitrogens with two attached hydrogens (primary N) is 1. The highest BCUT2D eigenvalue weighted by molar-refractivity contribution is 5.79. The van der Waals surface area contributed by atoms with E-state index in [1.165, 1.54) is 0 Å². The summed E-state index contributed by atoms with van der Waals surface area (Å²) in [5.41, 5.74) is 6.20. The number of aromatic nitrogens is 2. The summed E-state index contributed by atoms with van der Waals surface area (Å²) in [4.78, 5) is 0. The molecule has 2 rings (SSSR count). The molecule has 4 nitrogen and oxygen atoms in total. The van der Waals surface area contributed by atoms with Gasteiger partial charge in [0.2, 0.25) is 0 Å². The molecule has 68 valence electrons. The van der Waals surface area contributed by atoms with Crippen molar-refractivity contribution in [3.8, 4) is 5.75 Å². The fourth-order valence-electron chi connectivity index (χ4n) is 1.30. The summed E-state index contributed by atoms with van der Waals surface area (Å²) in [6.45, 7) is 1.27. The van der Waals surface area contributed by atoms with Crippen molar-refractivity contribution in [2.24, 2.45) is 5.73 Å². The minimum absolute atomic E-state index is 0.241. The largest absolute Gasteiger partial charge is 0.508 e. The van der Waals surface area contributed by atoms with Gasteiger partial charge in [-0.15, -0.1) is 0 Å². The Morgan fingerprint density at radius 2 is 2.31 bits per heavy atom. The minimum atomic E-state index is 0.241. The molecule has 0 amide bonds. The van der Waals surface area contributed by atoms with Gasteiger partial charge in [-0.3, -0.25) is 4.68 Å². The zero-order valence-electron chi connectivity index (χ0n) is 7.14. The lowest BCUT2D eigenvalue weighted by atomic mass is 10.2. The van der Waals surface area contributed by atoms with Crippen molar-refractivity contribution in [3.63, 3.8) is 0 Å². The lowest BCUT2D eigenvalue weighted by Gasteiger charge is -1.93. The summed E-state index contributed by atoms with van der Waals surface area (Å²) >= 11 is 0. The third kappa shape index (κ3) is 1.48. The number of phenolic OH excluding ortho intramolecular Hbond substituents is 1. The summed E-state index contributed by atoms with van der Waals surface area (Å²) in [7, 11) is 0. The topological polar surface area (TPSA) is 64.1 Å². The van der Waals surface area contributed by atoms with Crippen LogP contribution in [0.25, 0.3) is 10.9 Å². The first-order valence-corrected chi connectivity index (χ1v) is 4.16. The fourth-order valence-corrected chi connectivity index (χ4v) is 1.30. The number of fused-ring (bicyclic) bond motifs is 1. The first-order chi connectivity index (χ1) is 6.29. The van der Waals surface area contributed by atoms with Crippen LogP contribution in [-0.2, 0) is 6.54 Å². The van der Waals surface area contributed by atoms with Gasteiger partial charge in [-0.25, -0.2) is 0 Å². The van der Waals surface area contributed by atoms with Gasteiger partial charge in [-0.05, 0) is 12.1 Å². The highest BCUT2D eigenvalue weighted by Crippen LogP contribution is 2.17. The number of rotatable bonds is 2. The Hall–Kier alpha value is -1.55. The van der Waals surface area contributed by atoms with E-state index < -0.39 is 0 Å². The average Bonchev–Trinajstić information content (AvgIpc) is 2.46. The van der Waals surface area contributed by atoms with Crippen molar-refractivity contribution >= 4 is 10.9 Å². The van der Waals surface area contributed by atoms with Crippen LogP contribution in [0, 0.1) is 0 Å². The molecule has 0 aliphatic rings. The maximum Gasteiger partial charge on any atom is 0.117 e. The van der Waals surface area contributed by atoms with E-state index in [0.717, 1.165) is 10.9 Å². The molecular formula is C9H11N3O. The number of phenols is 1. The van der Waals surface area contributed by atoms with Gasteiger partial charge >= 0.3 is 0 Å². The molecule has 0 saturated carbocycles. The van der Waals surface area contributed by atoms with Crippen LogP contribution in [0.4, 0.5) is 0 Å². The van der Waals surface area contributed by atoms with Gasteiger partial charge in [0.15, 0.2) is 0 Å². The van der Waals surface area contributed by atoms with Gasteiger partial charge < -0.3 is 10.8 Å². The van der Waals surface area contributed by atoms with Crippen molar-refractivity contribution in [1.82, 2.24) is 9.78 Å². The van der Waals surface area contributed by atoms with Crippen LogP contribution in [0.3, 0.4) is 0 Å². The zero-order valence-corrected chi connectivity index (χ0v) is 7.14. The van der Waals surface area contributed by atoms with Gasteiger partial charge in [-0.1, -0.05) is 0 Å². The van der Waals surface area contributed by atoms with Crippen LogP contribution < -0.4 is 5.73 Å². The van der Waals surface area contributed by atoms with E-state index in [1.807, 2.05) is 12.3 Å². The Kier molecular flexibility index (Phi) is 1.90. The Balaban J connectivity index is 2.49. The lowest BCUT2D eigenvalue weighted by molar-refractivity contribution is 0.476. The van der Waals surface area contributed by atoms with E-state index in [2.05, 4.69) is 5.10 Å². The van der Waals surface area contributed by atoms with Crippen molar-refractivity contribution in [1.29, 1.82) is 0 Å². The lowest BCUT2D eigenvalue weighted by Crippen LogP contribution is -2.09. The third-order valence-electron chi connectivity index (χ3n) is 1.90. The summed E-state index contributed by atoms with van der Waals surface area (Å²) in [6, 6.07) is 5.13. The Morgan fingerprint density at radius 3 is 3.08 bits per heavy atom. The molecule has 0 unspecified atom stereocenters. The summed E-state index contributed by atoms with van der Waals surface area (Å²) in [6.07, 6.45) is 1.92. The molecule has 0 radical (unpaired) electrons. The van der Waals surface area contributed by atoms with Crippen LogP contribution in [0.5, 0.6) is 5.75 Å². The van der Waals surface area contributed by atoms with E-state index in [-0.39, 0.29) is 5.75 Å². The first-order valence-electron chi connectivity index (χ1n) is 4.16. The predicted octanol–water partition coefficient (Wildman–Crippen LogP) is 0.701. The normalized spacial score (nSPS) is 10.8. The van der Waals surface area contributed by atoms with Crippen LogP contribution in [-0.4, -0.2) is 21.4 Å². The Morgan fingerprint density at radius 1 is 1.46 bits per heavy atom. The van der Waals surface area contributed by atoms with Gasteiger partial charge in [-0.2, -0.15) is 5.10 Å². The second kappa shape index (κ2) is 3.06. The number of hydrogen-bond acceptors (Lipinski definition) is 3. The SMILES string of the molecule is NCCn1cc2ccc(O)cc2n1. The predicted molar refractivity (Wildman–Crippen MR) is 50.5 cm³/mol. The highest BCUT2D eigenvalue weighted by atomic mass is 16.3. The second-order valence-electron chi connectivity index (χ2n) is 2.92. The molecule has 0 saturated heterocycles. The average molecular weight is 177 g/mol. The van der Waals surface area contributed by atoms with Gasteiger partial charge in [0, 0.05) is 24.2 Å². The Labute approximate surface area is 75.6 Å². The number of benzene rings is 1. The monoisotopic (exact) mass is 177 g/mol. The summed E-state index contributed by atoms with van der Waals surface area (Å²) < 4.78 is 1.78. The first kappa shape index (κ1) is 8.07. The molecule has 0 spiro atoms. The van der Waals surface area contributed by atoms with Crippen molar-refractivity contribution in [3.05, 3.63) is 24.4 Å². The van der Waals surface area contributed by atoms with Gasteiger partial charge in [0.05, 0.1) is 12.1 Å². The molecule has 1 aromatic heterocycles. The van der Waals surface area contributed by atoms with E-state index in [4.69, 9.17) is 5.73 Å². The van der Waals surface area contributed by atoms with E-state index in [1.54, 1.807) is 16.8 Å². The van der Waals surface area contributed by atoms with Crippen molar-refractivity contribution < 1.29 is 5.11 Å².